The van der Waals surface area contributed by atoms with Gasteiger partial charge in [-0.25, -0.2) is 0 Å². The zero-order valence-electron chi connectivity index (χ0n) is 11.7. The van der Waals surface area contributed by atoms with Crippen molar-refractivity contribution in [1.82, 2.24) is 0 Å². The van der Waals surface area contributed by atoms with Crippen LogP contribution in [0.25, 0.3) is 0 Å². The van der Waals surface area contributed by atoms with Crippen LogP contribution in [-0.4, -0.2) is 37.6 Å². The van der Waals surface area contributed by atoms with E-state index in [0.717, 1.165) is 11.3 Å². The van der Waals surface area contributed by atoms with E-state index in [9.17, 15) is 5.11 Å². The Labute approximate surface area is 114 Å². The maximum absolute atomic E-state index is 10.9. The van der Waals surface area contributed by atoms with Gasteiger partial charge in [0.2, 0.25) is 0 Å². The summed E-state index contributed by atoms with van der Waals surface area (Å²) < 4.78 is 11.0. The van der Waals surface area contributed by atoms with Crippen LogP contribution < -0.4 is 10.5 Å². The lowest BCUT2D eigenvalue weighted by molar-refractivity contribution is -0.142. The van der Waals surface area contributed by atoms with Crippen molar-refractivity contribution >= 4 is 0 Å². The van der Waals surface area contributed by atoms with Crippen LogP contribution in [0.15, 0.2) is 24.3 Å². The smallest absolute Gasteiger partial charge is 0.122 e. The van der Waals surface area contributed by atoms with E-state index in [1.165, 1.54) is 0 Å². The minimum absolute atomic E-state index is 0.270. The lowest BCUT2D eigenvalue weighted by Crippen LogP contribution is -2.60. The Morgan fingerprint density at radius 2 is 2.21 bits per heavy atom. The zero-order chi connectivity index (χ0) is 13.9. The molecule has 0 bridgehead atoms. The Kier molecular flexibility index (Phi) is 4.13. The van der Waals surface area contributed by atoms with E-state index in [4.69, 9.17) is 15.2 Å². The van der Waals surface area contributed by atoms with Crippen molar-refractivity contribution < 1.29 is 14.6 Å². The van der Waals surface area contributed by atoms with Crippen LogP contribution >= 0.6 is 0 Å². The van der Waals surface area contributed by atoms with Crippen LogP contribution in [0.3, 0.4) is 0 Å². The van der Waals surface area contributed by atoms with E-state index in [0.29, 0.717) is 26.0 Å². The summed E-state index contributed by atoms with van der Waals surface area (Å²) in [4.78, 5) is 0. The molecule has 1 heterocycles. The van der Waals surface area contributed by atoms with Crippen LogP contribution in [0.5, 0.6) is 5.75 Å². The highest BCUT2D eigenvalue weighted by atomic mass is 16.5. The molecule has 106 valence electrons. The van der Waals surface area contributed by atoms with Crippen LogP contribution in [0, 0.1) is 5.41 Å². The quantitative estimate of drug-likeness (QED) is 0.843. The van der Waals surface area contributed by atoms with E-state index in [-0.39, 0.29) is 6.61 Å². The Hall–Kier alpha value is -1.10. The van der Waals surface area contributed by atoms with Gasteiger partial charge in [0.1, 0.15) is 5.75 Å². The Morgan fingerprint density at radius 1 is 1.47 bits per heavy atom. The highest BCUT2D eigenvalue weighted by Gasteiger charge is 2.51. The molecule has 0 amide bonds. The summed E-state index contributed by atoms with van der Waals surface area (Å²) >= 11 is 0. The van der Waals surface area contributed by atoms with E-state index in [1.807, 2.05) is 31.2 Å². The molecule has 3 N–H and O–H groups in total. The Balaban J connectivity index is 2.35. The van der Waals surface area contributed by atoms with Crippen molar-refractivity contribution in [2.24, 2.45) is 11.1 Å². The number of benzene rings is 1. The highest BCUT2D eigenvalue weighted by molar-refractivity contribution is 5.37. The minimum atomic E-state index is -0.968. The lowest BCUT2D eigenvalue weighted by Gasteiger charge is -2.48. The molecule has 2 rings (SSSR count). The van der Waals surface area contributed by atoms with Gasteiger partial charge in [0.05, 0.1) is 24.2 Å². The second kappa shape index (κ2) is 5.49. The van der Waals surface area contributed by atoms with Crippen molar-refractivity contribution in [3.63, 3.8) is 0 Å². The molecule has 19 heavy (non-hydrogen) atoms. The van der Waals surface area contributed by atoms with Gasteiger partial charge >= 0.3 is 0 Å². The van der Waals surface area contributed by atoms with Gasteiger partial charge in [0.25, 0.3) is 0 Å². The summed E-state index contributed by atoms with van der Waals surface area (Å²) in [6, 6.07) is 7.92. The summed E-state index contributed by atoms with van der Waals surface area (Å²) in [5.74, 6) is 0.891. The molecule has 0 aliphatic carbocycles. The predicted molar refractivity (Wildman–Crippen MR) is 74.2 cm³/mol. The second-order valence-corrected chi connectivity index (χ2v) is 5.38. The molecular formula is C15H23NO3. The summed E-state index contributed by atoms with van der Waals surface area (Å²) in [6.07, 6.45) is 1.30. The molecule has 4 heteroatoms. The molecule has 2 unspecified atom stereocenters. The number of aliphatic hydroxyl groups is 1. The largest absolute Gasteiger partial charge is 0.493 e. The van der Waals surface area contributed by atoms with Crippen LogP contribution in [0.4, 0.5) is 0 Å². The second-order valence-electron chi connectivity index (χ2n) is 5.38. The highest BCUT2D eigenvalue weighted by Crippen LogP contribution is 2.42. The average molecular weight is 265 g/mol. The van der Waals surface area contributed by atoms with Crippen molar-refractivity contribution in [2.45, 2.75) is 25.4 Å². The molecule has 0 saturated carbocycles. The van der Waals surface area contributed by atoms with Crippen molar-refractivity contribution in [3.8, 4) is 5.75 Å². The third-order valence-corrected chi connectivity index (χ3v) is 4.35. The number of nitrogens with two attached hydrogens (primary N) is 1. The van der Waals surface area contributed by atoms with Gasteiger partial charge in [0.15, 0.2) is 0 Å². The predicted octanol–water partition coefficient (Wildman–Crippen LogP) is 1.35. The summed E-state index contributed by atoms with van der Waals surface area (Å²) in [5.41, 5.74) is 5.63. The molecule has 0 radical (unpaired) electrons. The number of hydrogen-bond donors (Lipinski definition) is 2. The van der Waals surface area contributed by atoms with Crippen LogP contribution in [0.1, 0.15) is 18.9 Å². The third-order valence-electron chi connectivity index (χ3n) is 4.35. The minimum Gasteiger partial charge on any atom is -0.493 e. The summed E-state index contributed by atoms with van der Waals surface area (Å²) in [7, 11) is 1.60. The molecule has 2 atom stereocenters. The van der Waals surface area contributed by atoms with E-state index < -0.39 is 11.0 Å². The molecule has 0 saturated heterocycles. The van der Waals surface area contributed by atoms with Crippen LogP contribution in [-0.2, 0) is 11.2 Å². The van der Waals surface area contributed by atoms with Gasteiger partial charge in [-0.15, -0.1) is 0 Å². The number of para-hydroxylation sites is 1. The first-order valence-electron chi connectivity index (χ1n) is 6.73. The van der Waals surface area contributed by atoms with E-state index in [1.54, 1.807) is 7.11 Å². The molecule has 1 aromatic carbocycles. The number of methoxy groups -OCH3 is 1. The van der Waals surface area contributed by atoms with Gasteiger partial charge in [-0.05, 0) is 24.5 Å². The third kappa shape index (κ3) is 2.36. The van der Waals surface area contributed by atoms with Gasteiger partial charge in [-0.3, -0.25) is 0 Å². The normalized spacial score (nSPS) is 25.3. The Bertz CT molecular complexity index is 437. The fourth-order valence-electron chi connectivity index (χ4n) is 2.91. The molecule has 1 aliphatic rings. The fraction of sp³-hybridized carbons (Fsp3) is 0.600. The Morgan fingerprint density at radius 3 is 2.84 bits per heavy atom. The maximum atomic E-state index is 10.9. The van der Waals surface area contributed by atoms with Gasteiger partial charge in [-0.2, -0.15) is 0 Å². The summed E-state index contributed by atoms with van der Waals surface area (Å²) in [6.45, 7) is 3.02. The first kappa shape index (κ1) is 14.3. The standard InChI is InChI=1S/C15H23NO3/c1-3-15(17,11-18-2)14(9-16)8-12-6-4-5-7-13(12)19-10-14/h4-7,17H,3,8-11,16H2,1-2H3. The zero-order valence-corrected chi connectivity index (χ0v) is 11.7. The lowest BCUT2D eigenvalue weighted by atomic mass is 9.66. The first-order valence-corrected chi connectivity index (χ1v) is 6.73. The molecule has 0 spiro atoms. The molecule has 4 nitrogen and oxygen atoms in total. The molecule has 1 aliphatic heterocycles. The molecule has 0 fully saturated rings. The van der Waals surface area contributed by atoms with Crippen molar-refractivity contribution in [3.05, 3.63) is 29.8 Å². The topological polar surface area (TPSA) is 64.7 Å². The first-order chi connectivity index (χ1) is 9.11. The molecule has 1 aromatic rings. The monoisotopic (exact) mass is 265 g/mol. The van der Waals surface area contributed by atoms with Gasteiger partial charge in [0, 0.05) is 13.7 Å². The van der Waals surface area contributed by atoms with Crippen molar-refractivity contribution in [1.29, 1.82) is 0 Å². The molecule has 0 aromatic heterocycles. The number of ether oxygens (including phenoxy) is 2. The number of fused-ring (bicyclic) bond motifs is 1. The fourth-order valence-corrected chi connectivity index (χ4v) is 2.91. The SMILES string of the molecule is CCC(O)(COC)C1(CN)COc2ccccc2C1. The van der Waals surface area contributed by atoms with E-state index in [2.05, 4.69) is 0 Å². The van der Waals surface area contributed by atoms with E-state index >= 15 is 0 Å². The van der Waals surface area contributed by atoms with Gasteiger partial charge < -0.3 is 20.3 Å². The summed E-state index contributed by atoms with van der Waals surface area (Å²) in [5, 5.41) is 10.9. The van der Waals surface area contributed by atoms with Crippen LogP contribution in [0.2, 0.25) is 0 Å². The number of rotatable bonds is 5. The van der Waals surface area contributed by atoms with Gasteiger partial charge in [-0.1, -0.05) is 25.1 Å². The molecular weight excluding hydrogens is 242 g/mol. The van der Waals surface area contributed by atoms with Crippen molar-refractivity contribution in [2.75, 3.05) is 26.9 Å². The average Bonchev–Trinajstić information content (AvgIpc) is 2.46. The maximum Gasteiger partial charge on any atom is 0.122 e. The number of hydrogen-bond acceptors (Lipinski definition) is 4.